The molecule has 0 atom stereocenters. The Morgan fingerprint density at radius 3 is 2.15 bits per heavy atom. The van der Waals surface area contributed by atoms with E-state index in [9.17, 15) is 0 Å². The number of aromatic nitrogens is 4. The lowest BCUT2D eigenvalue weighted by Gasteiger charge is -2.13. The summed E-state index contributed by atoms with van der Waals surface area (Å²) in [5.41, 5.74) is 5.78. The van der Waals surface area contributed by atoms with Gasteiger partial charge in [-0.05, 0) is 47.2 Å². The molecule has 2 aromatic heterocycles. The first-order valence-electron chi connectivity index (χ1n) is 11.0. The zero-order valence-corrected chi connectivity index (χ0v) is 19.1. The molecule has 0 amide bonds. The van der Waals surface area contributed by atoms with Crippen LogP contribution in [0.25, 0.3) is 60.7 Å². The van der Waals surface area contributed by atoms with Crippen molar-refractivity contribution >= 4 is 55.3 Å². The van der Waals surface area contributed by atoms with Gasteiger partial charge in [-0.1, -0.05) is 54.6 Å². The molecule has 0 radical (unpaired) electrons. The van der Waals surface area contributed by atoms with E-state index in [1.54, 1.807) is 7.11 Å². The molecule has 0 saturated heterocycles. The number of ether oxygens (including phenoxy) is 1. The molecule has 5 aromatic carbocycles. The van der Waals surface area contributed by atoms with E-state index in [-0.39, 0.29) is 0 Å². The fourth-order valence-corrected chi connectivity index (χ4v) is 5.40. The standard InChI is InChI=1S/C28H18N4OS/c1-33-18-15-13-17(14-16-18)32-27-22-10-5-3-8-20(22)19-7-2-4-9-21(19)26(27)29-28(32)23-11-6-12-24-25(23)31-34-30-24/h2-16H,1H3. The summed E-state index contributed by atoms with van der Waals surface area (Å²) in [7, 11) is 1.68. The third kappa shape index (κ3) is 2.69. The fourth-order valence-electron chi connectivity index (χ4n) is 4.86. The highest BCUT2D eigenvalue weighted by Crippen LogP contribution is 2.40. The van der Waals surface area contributed by atoms with E-state index in [2.05, 4.69) is 80.0 Å². The Kier molecular flexibility index (Phi) is 4.16. The molecule has 0 bridgehead atoms. The minimum Gasteiger partial charge on any atom is -0.497 e. The molecule has 7 rings (SSSR count). The molecule has 0 aliphatic rings. The summed E-state index contributed by atoms with van der Waals surface area (Å²) in [6, 6.07) is 31.3. The number of hydrogen-bond acceptors (Lipinski definition) is 5. The van der Waals surface area contributed by atoms with Gasteiger partial charge in [0.25, 0.3) is 0 Å². The van der Waals surface area contributed by atoms with Crippen LogP contribution < -0.4 is 4.74 Å². The lowest BCUT2D eigenvalue weighted by atomic mass is 10.00. The first kappa shape index (κ1) is 19.2. The van der Waals surface area contributed by atoms with Crippen LogP contribution in [0, 0.1) is 0 Å². The predicted molar refractivity (Wildman–Crippen MR) is 139 cm³/mol. The first-order valence-corrected chi connectivity index (χ1v) is 11.7. The van der Waals surface area contributed by atoms with Crippen LogP contribution in [0.3, 0.4) is 0 Å². The number of methoxy groups -OCH3 is 1. The molecule has 2 heterocycles. The molecule has 0 fully saturated rings. The highest BCUT2D eigenvalue weighted by molar-refractivity contribution is 7.00. The predicted octanol–water partition coefficient (Wildman–Crippen LogP) is 7.01. The average molecular weight is 459 g/mol. The molecular weight excluding hydrogens is 440 g/mol. The number of nitrogens with zero attached hydrogens (tertiary/aromatic N) is 4. The molecule has 162 valence electrons. The topological polar surface area (TPSA) is 52.8 Å². The molecule has 34 heavy (non-hydrogen) atoms. The minimum atomic E-state index is 0.816. The van der Waals surface area contributed by atoms with Crippen molar-refractivity contribution in [2.75, 3.05) is 7.11 Å². The van der Waals surface area contributed by atoms with Crippen molar-refractivity contribution < 1.29 is 4.74 Å². The number of imidazole rings is 1. The van der Waals surface area contributed by atoms with Gasteiger partial charge in [-0.3, -0.25) is 4.57 Å². The van der Waals surface area contributed by atoms with Crippen molar-refractivity contribution in [2.24, 2.45) is 0 Å². The minimum absolute atomic E-state index is 0.816. The Morgan fingerprint density at radius 1 is 0.676 bits per heavy atom. The van der Waals surface area contributed by atoms with E-state index in [1.165, 1.54) is 22.5 Å². The van der Waals surface area contributed by atoms with E-state index in [1.807, 2.05) is 24.3 Å². The second kappa shape index (κ2) is 7.37. The van der Waals surface area contributed by atoms with Crippen molar-refractivity contribution in [3.05, 3.63) is 91.0 Å². The highest BCUT2D eigenvalue weighted by Gasteiger charge is 2.21. The fraction of sp³-hybridized carbons (Fsp3) is 0.0357. The molecular formula is C28H18N4OS. The Bertz CT molecular complexity index is 1850. The SMILES string of the molecule is COc1ccc(-n2c(-c3cccc4nsnc34)nc3c4ccccc4c4ccccc4c32)cc1. The van der Waals surface area contributed by atoms with Crippen LogP contribution in [-0.2, 0) is 0 Å². The van der Waals surface area contributed by atoms with Crippen LogP contribution in [0.1, 0.15) is 0 Å². The summed E-state index contributed by atoms with van der Waals surface area (Å²) < 4.78 is 16.7. The van der Waals surface area contributed by atoms with Crippen LogP contribution in [0.5, 0.6) is 5.75 Å². The van der Waals surface area contributed by atoms with Gasteiger partial charge < -0.3 is 4.74 Å². The maximum Gasteiger partial charge on any atom is 0.148 e. The summed E-state index contributed by atoms with van der Waals surface area (Å²) in [5, 5.41) is 4.70. The lowest BCUT2D eigenvalue weighted by Crippen LogP contribution is -1.99. The third-order valence-corrected chi connectivity index (χ3v) is 6.93. The molecule has 7 aromatic rings. The average Bonchev–Trinajstić information content (AvgIpc) is 3.54. The quantitative estimate of drug-likeness (QED) is 0.267. The summed E-state index contributed by atoms with van der Waals surface area (Å²) in [6.07, 6.45) is 0. The van der Waals surface area contributed by atoms with Crippen molar-refractivity contribution in [3.8, 4) is 22.8 Å². The van der Waals surface area contributed by atoms with E-state index >= 15 is 0 Å². The van der Waals surface area contributed by atoms with Gasteiger partial charge in [0.1, 0.15) is 22.6 Å². The smallest absolute Gasteiger partial charge is 0.148 e. The van der Waals surface area contributed by atoms with E-state index < -0.39 is 0 Å². The van der Waals surface area contributed by atoms with Crippen molar-refractivity contribution in [3.63, 3.8) is 0 Å². The largest absolute Gasteiger partial charge is 0.497 e. The Hall–Kier alpha value is -4.29. The molecule has 0 saturated carbocycles. The van der Waals surface area contributed by atoms with Gasteiger partial charge in [0.15, 0.2) is 0 Å². The molecule has 5 nitrogen and oxygen atoms in total. The zero-order valence-electron chi connectivity index (χ0n) is 18.3. The maximum absolute atomic E-state index is 5.42. The normalized spacial score (nSPS) is 11.7. The molecule has 6 heteroatoms. The summed E-state index contributed by atoms with van der Waals surface area (Å²) in [5.74, 6) is 1.66. The first-order chi connectivity index (χ1) is 16.8. The molecule has 0 N–H and O–H groups in total. The van der Waals surface area contributed by atoms with Crippen molar-refractivity contribution in [1.82, 2.24) is 18.3 Å². The number of hydrogen-bond donors (Lipinski definition) is 0. The van der Waals surface area contributed by atoms with Gasteiger partial charge in [0.2, 0.25) is 0 Å². The molecule has 0 unspecified atom stereocenters. The number of fused-ring (bicyclic) bond motifs is 7. The van der Waals surface area contributed by atoms with Gasteiger partial charge in [-0.2, -0.15) is 8.75 Å². The molecule has 0 aliphatic carbocycles. The van der Waals surface area contributed by atoms with Crippen LogP contribution in [0.2, 0.25) is 0 Å². The van der Waals surface area contributed by atoms with E-state index in [4.69, 9.17) is 9.72 Å². The maximum atomic E-state index is 5.42. The highest BCUT2D eigenvalue weighted by atomic mass is 32.1. The van der Waals surface area contributed by atoms with Gasteiger partial charge in [-0.15, -0.1) is 0 Å². The van der Waals surface area contributed by atoms with Crippen LogP contribution in [-0.4, -0.2) is 25.4 Å². The second-order valence-corrected chi connectivity index (χ2v) is 8.72. The van der Waals surface area contributed by atoms with Crippen LogP contribution in [0.15, 0.2) is 91.0 Å². The molecule has 0 spiro atoms. The lowest BCUT2D eigenvalue weighted by molar-refractivity contribution is 0.415. The number of rotatable bonds is 3. The van der Waals surface area contributed by atoms with Crippen LogP contribution >= 0.6 is 11.7 Å². The third-order valence-electron chi connectivity index (χ3n) is 6.39. The summed E-state index contributed by atoms with van der Waals surface area (Å²) >= 11 is 1.23. The Balaban J connectivity index is 1.71. The van der Waals surface area contributed by atoms with Gasteiger partial charge in [0, 0.05) is 22.0 Å². The molecule has 0 aliphatic heterocycles. The van der Waals surface area contributed by atoms with E-state index in [0.29, 0.717) is 0 Å². The number of benzene rings is 5. The monoisotopic (exact) mass is 458 g/mol. The van der Waals surface area contributed by atoms with Gasteiger partial charge >= 0.3 is 0 Å². The Labute approximate surface area is 199 Å². The summed E-state index contributed by atoms with van der Waals surface area (Å²) in [6.45, 7) is 0. The van der Waals surface area contributed by atoms with Gasteiger partial charge in [0.05, 0.1) is 29.9 Å². The second-order valence-electron chi connectivity index (χ2n) is 8.19. The van der Waals surface area contributed by atoms with Gasteiger partial charge in [-0.25, -0.2) is 4.98 Å². The van der Waals surface area contributed by atoms with Crippen molar-refractivity contribution in [1.29, 1.82) is 0 Å². The van der Waals surface area contributed by atoms with E-state index in [0.717, 1.165) is 55.7 Å². The Morgan fingerprint density at radius 2 is 1.38 bits per heavy atom. The zero-order chi connectivity index (χ0) is 22.6. The van der Waals surface area contributed by atoms with Crippen LogP contribution in [0.4, 0.5) is 0 Å². The summed E-state index contributed by atoms with van der Waals surface area (Å²) in [4.78, 5) is 5.28. The van der Waals surface area contributed by atoms with Crippen molar-refractivity contribution in [2.45, 2.75) is 0 Å².